The van der Waals surface area contributed by atoms with Gasteiger partial charge in [0.2, 0.25) is 5.91 Å². The Kier molecular flexibility index (Phi) is 12.8. The molecule has 50 heavy (non-hydrogen) atoms. The molecule has 2 atom stereocenters. The molecular weight excluding hydrogens is 662 g/mol. The molecule has 0 saturated carbocycles. The predicted octanol–water partition coefficient (Wildman–Crippen LogP) is 4.19. The van der Waals surface area contributed by atoms with E-state index in [1.165, 1.54) is 37.7 Å². The zero-order chi connectivity index (χ0) is 37.8. The number of rotatable bonds is 13. The molecule has 15 heteroatoms. The summed E-state index contributed by atoms with van der Waals surface area (Å²) >= 11 is 0. The third-order valence-corrected chi connectivity index (χ3v) is 8.53. The number of pyridine rings is 1. The molecule has 2 unspecified atom stereocenters. The number of hydrogen-bond acceptors (Lipinski definition) is 7. The second-order valence-electron chi connectivity index (χ2n) is 13.1. The standard InChI is InChI=1S/C35H45F4N5O6/c1-10-50-29(46)17-26(24-15-23(14-20(4)31(24)36)30-21(5)42(8)34(49)43(9)33(30)48)40-32(47)27(13-19(2)3)44-18-22(11-12-41(6)7)25(16-28(44)45)35(37,38)39/h14-16,18-19,26-27H,10-13,17H2,1-9H3,(H,40,47). The molecule has 0 aliphatic carbocycles. The number of aromatic nitrogens is 3. The number of aryl methyl sites for hydroxylation is 1. The monoisotopic (exact) mass is 707 g/mol. The Hall–Kier alpha value is -4.53. The molecule has 0 saturated heterocycles. The van der Waals surface area contributed by atoms with E-state index < -0.39 is 64.7 Å². The van der Waals surface area contributed by atoms with Crippen LogP contribution in [0.25, 0.3) is 11.1 Å². The lowest BCUT2D eigenvalue weighted by Gasteiger charge is -2.27. The smallest absolute Gasteiger partial charge is 0.416 e. The Balaban J connectivity index is 2.23. The Morgan fingerprint density at radius 1 is 1.02 bits per heavy atom. The van der Waals surface area contributed by atoms with Gasteiger partial charge in [-0.1, -0.05) is 13.8 Å². The number of nitrogens with one attached hydrogen (secondary N) is 1. The van der Waals surface area contributed by atoms with E-state index in [9.17, 15) is 37.1 Å². The Morgan fingerprint density at radius 2 is 1.66 bits per heavy atom. The summed E-state index contributed by atoms with van der Waals surface area (Å²) in [6, 6.07) is 0.476. The van der Waals surface area contributed by atoms with Crippen LogP contribution in [0.5, 0.6) is 0 Å². The Labute approximate surface area is 287 Å². The number of hydrogen-bond donors (Lipinski definition) is 1. The maximum atomic E-state index is 16.0. The highest BCUT2D eigenvalue weighted by Gasteiger charge is 2.36. The minimum atomic E-state index is -4.81. The van der Waals surface area contributed by atoms with Crippen LogP contribution in [-0.2, 0) is 41.0 Å². The molecule has 1 amide bonds. The minimum Gasteiger partial charge on any atom is -0.466 e. The fourth-order valence-electron chi connectivity index (χ4n) is 5.80. The first kappa shape index (κ1) is 39.9. The van der Waals surface area contributed by atoms with E-state index in [1.54, 1.807) is 46.7 Å². The average Bonchev–Trinajstić information content (AvgIpc) is 3.01. The van der Waals surface area contributed by atoms with Crippen molar-refractivity contribution in [3.05, 3.63) is 89.4 Å². The van der Waals surface area contributed by atoms with Gasteiger partial charge >= 0.3 is 17.8 Å². The summed E-state index contributed by atoms with van der Waals surface area (Å²) in [5, 5.41) is 2.67. The maximum absolute atomic E-state index is 16.0. The zero-order valence-electron chi connectivity index (χ0n) is 29.8. The highest BCUT2D eigenvalue weighted by atomic mass is 19.4. The molecule has 3 aromatic rings. The summed E-state index contributed by atoms with van der Waals surface area (Å²) in [7, 11) is 6.16. The maximum Gasteiger partial charge on any atom is 0.416 e. The molecular formula is C35H45F4N5O6. The van der Waals surface area contributed by atoms with Gasteiger partial charge < -0.3 is 24.1 Å². The molecule has 2 heterocycles. The van der Waals surface area contributed by atoms with Gasteiger partial charge in [-0.05, 0) is 82.4 Å². The van der Waals surface area contributed by atoms with Gasteiger partial charge in [0.1, 0.15) is 11.9 Å². The van der Waals surface area contributed by atoms with Crippen molar-refractivity contribution in [2.24, 2.45) is 20.0 Å². The highest BCUT2D eigenvalue weighted by molar-refractivity contribution is 5.82. The topological polar surface area (TPSA) is 125 Å². The van der Waals surface area contributed by atoms with Crippen molar-refractivity contribution in [1.29, 1.82) is 0 Å². The van der Waals surface area contributed by atoms with E-state index in [4.69, 9.17) is 4.74 Å². The van der Waals surface area contributed by atoms with Crippen LogP contribution in [-0.4, -0.2) is 57.7 Å². The molecule has 0 spiro atoms. The van der Waals surface area contributed by atoms with Crippen LogP contribution in [0.2, 0.25) is 0 Å². The van der Waals surface area contributed by atoms with Crippen molar-refractivity contribution < 1.29 is 31.9 Å². The van der Waals surface area contributed by atoms with Gasteiger partial charge in [0.15, 0.2) is 0 Å². The first-order valence-corrected chi connectivity index (χ1v) is 16.2. The molecule has 0 fully saturated rings. The number of carbonyl (C=O) groups excluding carboxylic acids is 2. The number of halogens is 4. The van der Waals surface area contributed by atoms with Crippen LogP contribution >= 0.6 is 0 Å². The number of benzene rings is 1. The number of esters is 1. The molecule has 0 aliphatic rings. The van der Waals surface area contributed by atoms with Crippen LogP contribution in [0, 0.1) is 25.6 Å². The van der Waals surface area contributed by atoms with Crippen molar-refractivity contribution in [2.75, 3.05) is 27.2 Å². The molecule has 274 valence electrons. The van der Waals surface area contributed by atoms with Gasteiger partial charge in [0.05, 0.1) is 30.2 Å². The largest absolute Gasteiger partial charge is 0.466 e. The third kappa shape index (κ3) is 8.97. The molecule has 1 N–H and O–H groups in total. The van der Waals surface area contributed by atoms with E-state index in [0.717, 1.165) is 15.3 Å². The van der Waals surface area contributed by atoms with E-state index in [1.807, 2.05) is 0 Å². The van der Waals surface area contributed by atoms with Gasteiger partial charge in [-0.25, -0.2) is 9.18 Å². The fourth-order valence-corrected chi connectivity index (χ4v) is 5.80. The van der Waals surface area contributed by atoms with Gasteiger partial charge in [-0.2, -0.15) is 13.2 Å². The van der Waals surface area contributed by atoms with Gasteiger partial charge in [-0.15, -0.1) is 0 Å². The SMILES string of the molecule is CCOC(=O)CC(NC(=O)C(CC(C)C)n1cc(CCN(C)C)c(C(F)(F)F)cc1=O)c1cc(-c2c(C)n(C)c(=O)n(C)c2=O)cc(C)c1F. The van der Waals surface area contributed by atoms with E-state index in [0.29, 0.717) is 11.8 Å². The number of alkyl halides is 3. The van der Waals surface area contributed by atoms with Crippen molar-refractivity contribution in [3.63, 3.8) is 0 Å². The van der Waals surface area contributed by atoms with Crippen molar-refractivity contribution >= 4 is 11.9 Å². The molecule has 0 radical (unpaired) electrons. The number of amides is 1. The lowest BCUT2D eigenvalue weighted by atomic mass is 9.93. The summed E-state index contributed by atoms with van der Waals surface area (Å²) in [6.07, 6.45) is -4.36. The molecule has 0 aliphatic heterocycles. The lowest BCUT2D eigenvalue weighted by Crippen LogP contribution is -2.41. The third-order valence-electron chi connectivity index (χ3n) is 8.53. The summed E-state index contributed by atoms with van der Waals surface area (Å²) in [4.78, 5) is 67.7. The van der Waals surface area contributed by atoms with Crippen LogP contribution in [0.1, 0.15) is 73.6 Å². The molecule has 1 aromatic carbocycles. The van der Waals surface area contributed by atoms with Crippen molar-refractivity contribution in [3.8, 4) is 11.1 Å². The summed E-state index contributed by atoms with van der Waals surface area (Å²) in [5.74, 6) is -2.64. The van der Waals surface area contributed by atoms with Crippen molar-refractivity contribution in [2.45, 2.75) is 72.1 Å². The first-order chi connectivity index (χ1) is 23.2. The minimum absolute atomic E-state index is 0.0129. The lowest BCUT2D eigenvalue weighted by molar-refractivity contribution is -0.144. The van der Waals surface area contributed by atoms with Crippen LogP contribution in [0.3, 0.4) is 0 Å². The van der Waals surface area contributed by atoms with Crippen LogP contribution in [0.4, 0.5) is 17.6 Å². The Bertz CT molecular complexity index is 1930. The summed E-state index contributed by atoms with van der Waals surface area (Å²) in [6.45, 7) is 8.31. The molecule has 11 nitrogen and oxygen atoms in total. The van der Waals surface area contributed by atoms with Gasteiger partial charge in [0.25, 0.3) is 11.1 Å². The molecule has 0 bridgehead atoms. The van der Waals surface area contributed by atoms with E-state index in [2.05, 4.69) is 5.32 Å². The molecule has 2 aromatic heterocycles. The second-order valence-corrected chi connectivity index (χ2v) is 13.1. The first-order valence-electron chi connectivity index (χ1n) is 16.2. The number of carbonyl (C=O) groups is 2. The number of nitrogens with zero attached hydrogens (tertiary/aromatic N) is 4. The van der Waals surface area contributed by atoms with Crippen molar-refractivity contribution in [1.82, 2.24) is 23.9 Å². The average molecular weight is 708 g/mol. The number of likely N-dealkylation sites (N-methyl/N-ethyl adjacent to an activating group) is 1. The quantitative estimate of drug-likeness (QED) is 0.209. The normalized spacial score (nSPS) is 13.1. The fraction of sp³-hybridized carbons (Fsp3) is 0.514. The predicted molar refractivity (Wildman–Crippen MR) is 180 cm³/mol. The van der Waals surface area contributed by atoms with Gasteiger partial charge in [0, 0.05) is 44.2 Å². The second kappa shape index (κ2) is 16.0. The molecule has 3 rings (SSSR count). The summed E-state index contributed by atoms with van der Waals surface area (Å²) < 4.78 is 66.2. The van der Waals surface area contributed by atoms with Gasteiger partial charge in [-0.3, -0.25) is 23.7 Å². The van der Waals surface area contributed by atoms with E-state index in [-0.39, 0.29) is 59.7 Å². The van der Waals surface area contributed by atoms with E-state index >= 15 is 4.39 Å². The van der Waals surface area contributed by atoms with Crippen LogP contribution < -0.4 is 22.1 Å². The zero-order valence-corrected chi connectivity index (χ0v) is 29.8. The number of ether oxygens (including phenoxy) is 1. The summed E-state index contributed by atoms with van der Waals surface area (Å²) in [5.41, 5.74) is -3.04. The highest BCUT2D eigenvalue weighted by Crippen LogP contribution is 2.33. The van der Waals surface area contributed by atoms with Crippen LogP contribution in [0.15, 0.2) is 38.8 Å². The Morgan fingerprint density at radius 3 is 2.22 bits per heavy atom.